The van der Waals surface area contributed by atoms with Crippen molar-refractivity contribution >= 4 is 5.91 Å². The standard InChI is InChI=1S/C28H52FN7O13/c1-35-7-9-2-3-11(32)26(44-9)47-22-12(33)4-13(36-25(43)17(38)10(29)5-30)18(39)24(22)49-28-21(42)23(15(8-37)46-28)48-27-16(34)20(41)19(40)14(6-31)45-27/h2,10-24,26-28,35,37-42H,3-8,30-34H2,1H3,(H,36,43)/t10-,11+,12-,13+,14-,15+,16+,17?,18-,19+,20+,21+,22+,23+,24+,26+,27+,28-/m0/s1. The Labute approximate surface area is 281 Å². The van der Waals surface area contributed by atoms with Gasteiger partial charge in [0.1, 0.15) is 66.9 Å². The van der Waals surface area contributed by atoms with Gasteiger partial charge in [-0.2, -0.15) is 0 Å². The molecule has 0 spiro atoms. The summed E-state index contributed by atoms with van der Waals surface area (Å²) in [6, 6.07) is -4.17. The van der Waals surface area contributed by atoms with E-state index in [1.165, 1.54) is 0 Å². The van der Waals surface area contributed by atoms with Gasteiger partial charge in [-0.3, -0.25) is 4.79 Å². The number of hydrogen-bond donors (Lipinski definition) is 13. The van der Waals surface area contributed by atoms with Crippen LogP contribution in [0.1, 0.15) is 12.8 Å². The quantitative estimate of drug-likeness (QED) is 0.0795. The van der Waals surface area contributed by atoms with Gasteiger partial charge in [-0.25, -0.2) is 4.39 Å². The van der Waals surface area contributed by atoms with Crippen LogP contribution in [0.3, 0.4) is 0 Å². The SMILES string of the molecule is CNCC1=CC[C@@H](N)[C@@H](O[C@H]2[C@H](O[C@@H]3O[C@H](CO)[C@@H](O[C@H]4O[C@@H](CN)[C@@H](O)[C@H](O)[C@H]4N)[C@H]3O)[C@@H](O)[C@H](NC(=O)C(O)[C@@H](F)CN)C[C@@H]2N)O1. The van der Waals surface area contributed by atoms with Crippen molar-refractivity contribution in [1.29, 1.82) is 0 Å². The van der Waals surface area contributed by atoms with Crippen molar-refractivity contribution in [2.45, 2.75) is 123 Å². The number of likely N-dealkylation sites (N-methyl/N-ethyl adjacent to an activating group) is 1. The summed E-state index contributed by atoms with van der Waals surface area (Å²) >= 11 is 0. The molecule has 49 heavy (non-hydrogen) atoms. The molecule has 0 aromatic rings. The van der Waals surface area contributed by atoms with Crippen molar-refractivity contribution in [3.05, 3.63) is 11.8 Å². The summed E-state index contributed by atoms with van der Waals surface area (Å²) in [5.74, 6) is -0.626. The molecule has 1 saturated carbocycles. The molecule has 4 rings (SSSR count). The minimum Gasteiger partial charge on any atom is -0.467 e. The first-order chi connectivity index (χ1) is 23.3. The summed E-state index contributed by atoms with van der Waals surface area (Å²) in [6.45, 7) is -1.17. The van der Waals surface area contributed by atoms with Gasteiger partial charge in [0.05, 0.1) is 31.3 Å². The van der Waals surface area contributed by atoms with E-state index in [1.54, 1.807) is 13.1 Å². The predicted molar refractivity (Wildman–Crippen MR) is 164 cm³/mol. The van der Waals surface area contributed by atoms with E-state index in [4.69, 9.17) is 57.1 Å². The van der Waals surface area contributed by atoms with Crippen molar-refractivity contribution in [3.63, 3.8) is 0 Å². The highest BCUT2D eigenvalue weighted by atomic mass is 19.1. The molecule has 21 heteroatoms. The van der Waals surface area contributed by atoms with Gasteiger partial charge in [0.25, 0.3) is 5.91 Å². The van der Waals surface area contributed by atoms with Gasteiger partial charge in [0.2, 0.25) is 6.29 Å². The molecule has 0 aromatic carbocycles. The lowest BCUT2D eigenvalue weighted by Gasteiger charge is -2.46. The van der Waals surface area contributed by atoms with Gasteiger partial charge in [0, 0.05) is 19.1 Å². The Morgan fingerprint density at radius 3 is 2.22 bits per heavy atom. The van der Waals surface area contributed by atoms with Gasteiger partial charge in [-0.1, -0.05) is 0 Å². The molecule has 4 aliphatic rings. The van der Waals surface area contributed by atoms with Crippen LogP contribution in [-0.4, -0.2) is 180 Å². The van der Waals surface area contributed by atoms with E-state index in [9.17, 15) is 39.8 Å². The summed E-state index contributed by atoms with van der Waals surface area (Å²) in [7, 11) is 1.72. The lowest BCUT2D eigenvalue weighted by atomic mass is 9.83. The molecule has 2 saturated heterocycles. The van der Waals surface area contributed by atoms with Crippen molar-refractivity contribution in [3.8, 4) is 0 Å². The number of nitrogens with two attached hydrogens (primary N) is 5. The van der Waals surface area contributed by atoms with Crippen LogP contribution >= 0.6 is 0 Å². The Balaban J connectivity index is 1.56. The summed E-state index contributed by atoms with van der Waals surface area (Å²) in [6.07, 6.45) is -19.0. The molecule has 20 nitrogen and oxygen atoms in total. The van der Waals surface area contributed by atoms with E-state index in [-0.39, 0.29) is 13.0 Å². The second kappa shape index (κ2) is 17.7. The number of aliphatic hydroxyl groups is 6. The highest BCUT2D eigenvalue weighted by Crippen LogP contribution is 2.34. The minimum atomic E-state index is -2.14. The number of halogens is 1. The first-order valence-corrected chi connectivity index (χ1v) is 16.2. The molecule has 3 fully saturated rings. The fraction of sp³-hybridized carbons (Fsp3) is 0.893. The number of rotatable bonds is 14. The molecule has 18 atom stereocenters. The van der Waals surface area contributed by atoms with E-state index >= 15 is 0 Å². The number of nitrogens with one attached hydrogen (secondary N) is 2. The van der Waals surface area contributed by atoms with Crippen LogP contribution in [0, 0.1) is 0 Å². The zero-order chi connectivity index (χ0) is 36.2. The second-order valence-corrected chi connectivity index (χ2v) is 12.6. The van der Waals surface area contributed by atoms with Crippen molar-refractivity contribution in [1.82, 2.24) is 10.6 Å². The topological polar surface area (TPSA) is 348 Å². The summed E-state index contributed by atoms with van der Waals surface area (Å²) in [5.41, 5.74) is 29.6. The molecule has 0 radical (unpaired) electrons. The third kappa shape index (κ3) is 9.02. The number of hydrogen-bond acceptors (Lipinski definition) is 19. The highest BCUT2D eigenvalue weighted by Gasteiger charge is 2.54. The number of ether oxygens (including phenoxy) is 6. The van der Waals surface area contributed by atoms with Crippen molar-refractivity contribution in [2.24, 2.45) is 28.7 Å². The van der Waals surface area contributed by atoms with Crippen LogP contribution in [0.25, 0.3) is 0 Å². The Hall–Kier alpha value is -1.74. The maximum absolute atomic E-state index is 14.0. The van der Waals surface area contributed by atoms with Crippen LogP contribution in [-0.2, 0) is 33.2 Å². The van der Waals surface area contributed by atoms with Crippen LogP contribution < -0.4 is 39.3 Å². The minimum absolute atomic E-state index is 0.141. The Bertz CT molecular complexity index is 1100. The van der Waals surface area contributed by atoms with E-state index in [0.717, 1.165) is 0 Å². The monoisotopic (exact) mass is 713 g/mol. The third-order valence-electron chi connectivity index (χ3n) is 9.10. The Morgan fingerprint density at radius 2 is 1.59 bits per heavy atom. The fourth-order valence-electron chi connectivity index (χ4n) is 6.22. The Morgan fingerprint density at radius 1 is 0.939 bits per heavy atom. The number of alkyl halides is 1. The summed E-state index contributed by atoms with van der Waals surface area (Å²) in [4.78, 5) is 12.6. The fourth-order valence-corrected chi connectivity index (χ4v) is 6.22. The molecular formula is C28H52FN7O13. The van der Waals surface area contributed by atoms with Crippen molar-refractivity contribution < 1.29 is 68.2 Å². The number of carbonyl (C=O) groups excluding carboxylic acids is 1. The molecule has 1 amide bonds. The molecule has 284 valence electrons. The highest BCUT2D eigenvalue weighted by molar-refractivity contribution is 5.81. The number of carbonyl (C=O) groups is 1. The van der Waals surface area contributed by atoms with Crippen LogP contribution in [0.5, 0.6) is 0 Å². The molecule has 3 heterocycles. The lowest BCUT2D eigenvalue weighted by Crippen LogP contribution is -2.67. The first-order valence-electron chi connectivity index (χ1n) is 16.2. The largest absolute Gasteiger partial charge is 0.467 e. The van der Waals surface area contributed by atoms with Crippen molar-refractivity contribution in [2.75, 3.05) is 33.3 Å². The summed E-state index contributed by atoms with van der Waals surface area (Å²) < 4.78 is 49.4. The Kier molecular flexibility index (Phi) is 14.4. The average molecular weight is 714 g/mol. The second-order valence-electron chi connectivity index (χ2n) is 12.6. The lowest BCUT2D eigenvalue weighted by molar-refractivity contribution is -0.282. The number of amides is 1. The smallest absolute Gasteiger partial charge is 0.252 e. The molecular weight excluding hydrogens is 661 g/mol. The molecule has 18 N–H and O–H groups in total. The summed E-state index contributed by atoms with van der Waals surface area (Å²) in [5, 5.41) is 68.9. The normalized spacial score (nSPS) is 44.1. The molecule has 0 aromatic heterocycles. The van der Waals surface area contributed by atoms with E-state index in [2.05, 4.69) is 10.6 Å². The van der Waals surface area contributed by atoms with E-state index in [0.29, 0.717) is 18.7 Å². The molecule has 1 aliphatic carbocycles. The zero-order valence-electron chi connectivity index (χ0n) is 27.0. The van der Waals surface area contributed by atoms with Crippen LogP contribution in [0.15, 0.2) is 11.8 Å². The third-order valence-corrected chi connectivity index (χ3v) is 9.10. The average Bonchev–Trinajstić information content (AvgIpc) is 3.38. The predicted octanol–water partition coefficient (Wildman–Crippen LogP) is -7.64. The van der Waals surface area contributed by atoms with E-state index in [1.807, 2.05) is 0 Å². The molecule has 3 aliphatic heterocycles. The van der Waals surface area contributed by atoms with Gasteiger partial charge < -0.3 is 98.4 Å². The van der Waals surface area contributed by atoms with Gasteiger partial charge in [-0.15, -0.1) is 0 Å². The van der Waals surface area contributed by atoms with Gasteiger partial charge in [0.15, 0.2) is 18.7 Å². The maximum atomic E-state index is 14.0. The van der Waals surface area contributed by atoms with E-state index < -0.39 is 129 Å². The first kappa shape index (κ1) is 40.0. The van der Waals surface area contributed by atoms with Gasteiger partial charge >= 0.3 is 0 Å². The maximum Gasteiger partial charge on any atom is 0.252 e. The van der Waals surface area contributed by atoms with Gasteiger partial charge in [-0.05, 0) is 26.0 Å². The zero-order valence-corrected chi connectivity index (χ0v) is 27.0. The molecule has 0 bridgehead atoms. The van der Waals surface area contributed by atoms with Crippen LogP contribution in [0.4, 0.5) is 4.39 Å². The molecule has 1 unspecified atom stereocenters. The number of aliphatic hydroxyl groups excluding tert-OH is 6. The van der Waals surface area contributed by atoms with Crippen LogP contribution in [0.2, 0.25) is 0 Å².